The molecule has 0 unspecified atom stereocenters. The first-order valence-electron chi connectivity index (χ1n) is 9.57. The third-order valence-corrected chi connectivity index (χ3v) is 5.25. The number of aromatic nitrogens is 5. The Morgan fingerprint density at radius 3 is 2.33 bits per heavy atom. The van der Waals surface area contributed by atoms with Crippen molar-refractivity contribution in [3.8, 4) is 16.9 Å². The van der Waals surface area contributed by atoms with Crippen LogP contribution in [0.4, 0.5) is 0 Å². The molecule has 0 aliphatic carbocycles. The van der Waals surface area contributed by atoms with Crippen LogP contribution in [0, 0.1) is 0 Å². The van der Waals surface area contributed by atoms with E-state index in [9.17, 15) is 9.59 Å². The summed E-state index contributed by atoms with van der Waals surface area (Å²) in [4.78, 5) is 30.6. The van der Waals surface area contributed by atoms with Crippen molar-refractivity contribution in [1.82, 2.24) is 23.1 Å². The molecule has 0 saturated heterocycles. The summed E-state index contributed by atoms with van der Waals surface area (Å²) in [7, 11) is 1.63. The Morgan fingerprint density at radius 1 is 1.00 bits per heavy atom. The molecule has 5 rings (SSSR count). The van der Waals surface area contributed by atoms with E-state index >= 15 is 0 Å². The Hall–Kier alpha value is -4.13. The number of allylic oxidation sites excluding steroid dienone is 1. The van der Waals surface area contributed by atoms with Crippen LogP contribution in [-0.2, 0) is 13.6 Å². The highest BCUT2D eigenvalue weighted by molar-refractivity contribution is 5.79. The number of nitrogens with zero attached hydrogens (tertiary/aromatic N) is 5. The van der Waals surface area contributed by atoms with Crippen molar-refractivity contribution in [1.29, 1.82) is 0 Å². The molecule has 3 heterocycles. The zero-order valence-electron chi connectivity index (χ0n) is 16.4. The summed E-state index contributed by atoms with van der Waals surface area (Å²) in [6.07, 6.45) is 3.44. The van der Waals surface area contributed by atoms with Gasteiger partial charge in [0.05, 0.1) is 5.69 Å². The Kier molecular flexibility index (Phi) is 4.03. The van der Waals surface area contributed by atoms with E-state index in [0.29, 0.717) is 16.9 Å². The summed E-state index contributed by atoms with van der Waals surface area (Å²) >= 11 is 0. The van der Waals surface area contributed by atoms with Crippen molar-refractivity contribution in [2.45, 2.75) is 6.54 Å². The lowest BCUT2D eigenvalue weighted by Gasteiger charge is -2.09. The number of fused-ring (bicyclic) bond motifs is 3. The summed E-state index contributed by atoms with van der Waals surface area (Å²) in [5.74, 6) is 0.568. The molecule has 0 N–H and O–H groups in total. The summed E-state index contributed by atoms with van der Waals surface area (Å²) in [6.45, 7) is 3.80. The van der Waals surface area contributed by atoms with Gasteiger partial charge in [0.15, 0.2) is 11.2 Å². The fourth-order valence-corrected chi connectivity index (χ4v) is 3.83. The molecule has 7 nitrogen and oxygen atoms in total. The van der Waals surface area contributed by atoms with Crippen LogP contribution < -0.4 is 11.2 Å². The van der Waals surface area contributed by atoms with Gasteiger partial charge in [-0.25, -0.2) is 4.79 Å². The van der Waals surface area contributed by atoms with Gasteiger partial charge in [-0.1, -0.05) is 54.6 Å². The van der Waals surface area contributed by atoms with E-state index in [1.54, 1.807) is 11.4 Å². The van der Waals surface area contributed by atoms with Gasteiger partial charge < -0.3 is 0 Å². The van der Waals surface area contributed by atoms with Gasteiger partial charge in [0.1, 0.15) is 0 Å². The molecule has 0 bridgehead atoms. The number of hydrogen-bond donors (Lipinski definition) is 0. The predicted octanol–water partition coefficient (Wildman–Crippen LogP) is 2.99. The number of imidazole rings is 2. The highest BCUT2D eigenvalue weighted by atomic mass is 16.2. The first-order valence-corrected chi connectivity index (χ1v) is 9.57. The minimum atomic E-state index is -0.414. The van der Waals surface area contributed by atoms with Crippen molar-refractivity contribution in [2.75, 3.05) is 0 Å². The predicted molar refractivity (Wildman–Crippen MR) is 117 cm³/mol. The highest BCUT2D eigenvalue weighted by Gasteiger charge is 2.22. The molecule has 0 radical (unpaired) electrons. The maximum atomic E-state index is 13.2. The number of hydrogen-bond acceptors (Lipinski definition) is 3. The lowest BCUT2D eigenvalue weighted by molar-refractivity contribution is 0.667. The van der Waals surface area contributed by atoms with E-state index in [1.807, 2.05) is 71.4 Å². The van der Waals surface area contributed by atoms with Gasteiger partial charge in [-0.15, -0.1) is 6.58 Å². The zero-order valence-corrected chi connectivity index (χ0v) is 16.4. The summed E-state index contributed by atoms with van der Waals surface area (Å²) < 4.78 is 6.35. The van der Waals surface area contributed by atoms with E-state index in [0.717, 1.165) is 16.9 Å². The van der Waals surface area contributed by atoms with Crippen LogP contribution in [0.1, 0.15) is 0 Å². The van der Waals surface area contributed by atoms with Crippen LogP contribution in [-0.4, -0.2) is 23.1 Å². The van der Waals surface area contributed by atoms with Crippen LogP contribution in [0.5, 0.6) is 0 Å². The molecule has 0 saturated carbocycles. The third-order valence-electron chi connectivity index (χ3n) is 5.25. The van der Waals surface area contributed by atoms with Gasteiger partial charge in [-0.05, 0) is 12.1 Å². The van der Waals surface area contributed by atoms with Crippen LogP contribution in [0.2, 0.25) is 0 Å². The van der Waals surface area contributed by atoms with Crippen molar-refractivity contribution in [2.24, 2.45) is 7.05 Å². The standard InChI is InChI=1S/C23H19N5O2/c1-3-14-26-21(29)19-20(25(2)23(26)30)24-22-27(19)15-18(16-10-6-4-7-11-16)28(22)17-12-8-5-9-13-17/h3-13,15H,1,14H2,2H3. The number of benzene rings is 2. The maximum absolute atomic E-state index is 13.2. The minimum Gasteiger partial charge on any atom is -0.279 e. The third kappa shape index (κ3) is 2.49. The summed E-state index contributed by atoms with van der Waals surface area (Å²) in [6, 6.07) is 19.8. The largest absolute Gasteiger partial charge is 0.332 e. The van der Waals surface area contributed by atoms with E-state index in [4.69, 9.17) is 4.98 Å². The van der Waals surface area contributed by atoms with Crippen LogP contribution in [0.25, 0.3) is 33.9 Å². The smallest absolute Gasteiger partial charge is 0.279 e. The lowest BCUT2D eigenvalue weighted by Crippen LogP contribution is -2.39. The van der Waals surface area contributed by atoms with Crippen molar-refractivity contribution < 1.29 is 0 Å². The molecule has 0 aliphatic heterocycles. The van der Waals surface area contributed by atoms with E-state index in [2.05, 4.69) is 6.58 Å². The second kappa shape index (κ2) is 6.73. The SMILES string of the molecule is C=CCn1c(=O)c2c(nc3n(-c4ccccc4)c(-c4ccccc4)cn23)n(C)c1=O. The molecule has 3 aromatic heterocycles. The molecule has 0 amide bonds. The highest BCUT2D eigenvalue weighted by Crippen LogP contribution is 2.28. The van der Waals surface area contributed by atoms with Gasteiger partial charge in [-0.2, -0.15) is 4.98 Å². The Balaban J connectivity index is 1.97. The number of rotatable bonds is 4. The average molecular weight is 397 g/mol. The molecule has 0 atom stereocenters. The van der Waals surface area contributed by atoms with Crippen LogP contribution in [0.3, 0.4) is 0 Å². The number of para-hydroxylation sites is 1. The zero-order chi connectivity index (χ0) is 20.8. The second-order valence-corrected chi connectivity index (χ2v) is 7.05. The summed E-state index contributed by atoms with van der Waals surface area (Å²) in [5.41, 5.74) is 2.72. The molecule has 0 fully saturated rings. The first-order chi connectivity index (χ1) is 14.6. The topological polar surface area (TPSA) is 66.2 Å². The molecule has 30 heavy (non-hydrogen) atoms. The minimum absolute atomic E-state index is 0.139. The van der Waals surface area contributed by atoms with E-state index in [-0.39, 0.29) is 12.1 Å². The van der Waals surface area contributed by atoms with Gasteiger partial charge in [0.2, 0.25) is 5.78 Å². The molecule has 0 spiro atoms. The molecule has 0 aliphatic rings. The van der Waals surface area contributed by atoms with Crippen LogP contribution in [0.15, 0.2) is 89.1 Å². The second-order valence-electron chi connectivity index (χ2n) is 7.05. The Bertz CT molecular complexity index is 1520. The normalized spacial score (nSPS) is 11.4. The fraction of sp³-hybridized carbons (Fsp3) is 0.0870. The summed E-state index contributed by atoms with van der Waals surface area (Å²) in [5, 5.41) is 0. The van der Waals surface area contributed by atoms with Gasteiger partial charge in [-0.3, -0.25) is 22.9 Å². The number of aryl methyl sites for hydroxylation is 1. The van der Waals surface area contributed by atoms with Crippen molar-refractivity contribution in [3.63, 3.8) is 0 Å². The van der Waals surface area contributed by atoms with Gasteiger partial charge >= 0.3 is 5.69 Å². The van der Waals surface area contributed by atoms with Crippen molar-refractivity contribution in [3.05, 3.63) is 100 Å². The van der Waals surface area contributed by atoms with E-state index in [1.165, 1.54) is 15.2 Å². The van der Waals surface area contributed by atoms with E-state index < -0.39 is 5.69 Å². The quantitative estimate of drug-likeness (QED) is 0.438. The Labute approximate surface area is 171 Å². The van der Waals surface area contributed by atoms with Gasteiger partial charge in [0.25, 0.3) is 5.56 Å². The molecule has 7 heteroatoms. The molecule has 5 aromatic rings. The molecule has 2 aromatic carbocycles. The average Bonchev–Trinajstić information content (AvgIpc) is 3.33. The van der Waals surface area contributed by atoms with Gasteiger partial charge in [0, 0.05) is 31.0 Å². The Morgan fingerprint density at radius 2 is 1.67 bits per heavy atom. The first kappa shape index (κ1) is 17.9. The monoisotopic (exact) mass is 397 g/mol. The maximum Gasteiger partial charge on any atom is 0.332 e. The molecular weight excluding hydrogens is 378 g/mol. The fourth-order valence-electron chi connectivity index (χ4n) is 3.83. The molecular formula is C23H19N5O2. The van der Waals surface area contributed by atoms with Crippen LogP contribution >= 0.6 is 0 Å². The molecule has 148 valence electrons. The lowest BCUT2D eigenvalue weighted by atomic mass is 10.1. The van der Waals surface area contributed by atoms with Crippen molar-refractivity contribution >= 4 is 16.9 Å².